The van der Waals surface area contributed by atoms with Gasteiger partial charge in [-0.05, 0) is 50.8 Å². The van der Waals surface area contributed by atoms with Crippen molar-refractivity contribution in [2.24, 2.45) is 0 Å². The number of carbonyl (C=O) groups is 1. The van der Waals surface area contributed by atoms with Crippen LogP contribution in [0, 0.1) is 6.92 Å². The number of benzene rings is 1. The van der Waals surface area contributed by atoms with Crippen LogP contribution in [0.15, 0.2) is 30.3 Å². The van der Waals surface area contributed by atoms with Crippen molar-refractivity contribution in [2.75, 3.05) is 23.9 Å². The Labute approximate surface area is 154 Å². The molecular formula is C20H26N4O2. The number of hydrogen-bond acceptors (Lipinski definition) is 6. The molecule has 138 valence electrons. The topological polar surface area (TPSA) is 67.4 Å². The lowest BCUT2D eigenvalue weighted by molar-refractivity contribution is 0.0601. The lowest BCUT2D eigenvalue weighted by Gasteiger charge is -2.36. The zero-order valence-electron chi connectivity index (χ0n) is 15.7. The highest BCUT2D eigenvalue weighted by molar-refractivity contribution is 5.90. The molecule has 2 heterocycles. The van der Waals surface area contributed by atoms with E-state index in [-0.39, 0.29) is 5.97 Å². The van der Waals surface area contributed by atoms with Crippen LogP contribution in [0.4, 0.5) is 17.5 Å². The number of ether oxygens (including phenoxy) is 1. The second-order valence-electron chi connectivity index (χ2n) is 6.64. The maximum atomic E-state index is 11.7. The molecule has 0 amide bonds. The van der Waals surface area contributed by atoms with Gasteiger partial charge in [-0.15, -0.1) is 0 Å². The first-order valence-electron chi connectivity index (χ1n) is 9.18. The largest absolute Gasteiger partial charge is 0.465 e. The van der Waals surface area contributed by atoms with Crippen LogP contribution in [0.1, 0.15) is 48.7 Å². The average molecular weight is 354 g/mol. The van der Waals surface area contributed by atoms with E-state index in [1.165, 1.54) is 26.4 Å². The van der Waals surface area contributed by atoms with Gasteiger partial charge in [-0.3, -0.25) is 0 Å². The van der Waals surface area contributed by atoms with Crippen LogP contribution in [0.3, 0.4) is 0 Å². The number of hydrogen-bond donors (Lipinski definition) is 1. The fourth-order valence-corrected chi connectivity index (χ4v) is 3.45. The van der Waals surface area contributed by atoms with Crippen LogP contribution in [-0.2, 0) is 4.74 Å². The Morgan fingerprint density at radius 1 is 1.31 bits per heavy atom. The molecule has 1 N–H and O–H groups in total. The van der Waals surface area contributed by atoms with Gasteiger partial charge in [-0.25, -0.2) is 9.78 Å². The third-order valence-corrected chi connectivity index (χ3v) is 4.77. The van der Waals surface area contributed by atoms with Gasteiger partial charge in [0, 0.05) is 30.0 Å². The zero-order chi connectivity index (χ0) is 18.5. The van der Waals surface area contributed by atoms with E-state index >= 15 is 0 Å². The van der Waals surface area contributed by atoms with Crippen molar-refractivity contribution < 1.29 is 9.53 Å². The fraction of sp³-hybridized carbons (Fsp3) is 0.450. The Bertz CT molecular complexity index is 778. The van der Waals surface area contributed by atoms with E-state index in [2.05, 4.69) is 22.1 Å². The molecule has 1 aliphatic heterocycles. The molecule has 0 spiro atoms. The monoisotopic (exact) mass is 354 g/mol. The second-order valence-corrected chi connectivity index (χ2v) is 6.64. The Balaban J connectivity index is 1.85. The summed E-state index contributed by atoms with van der Waals surface area (Å²) in [5.41, 5.74) is 2.17. The minimum atomic E-state index is -0.362. The molecule has 2 aromatic rings. The first kappa shape index (κ1) is 18.2. The smallest absolute Gasteiger partial charge is 0.337 e. The summed E-state index contributed by atoms with van der Waals surface area (Å²) in [6.07, 6.45) is 4.81. The van der Waals surface area contributed by atoms with Crippen LogP contribution < -0.4 is 10.2 Å². The summed E-state index contributed by atoms with van der Waals surface area (Å²) in [5.74, 6) is 1.15. The first-order chi connectivity index (χ1) is 12.6. The summed E-state index contributed by atoms with van der Waals surface area (Å²) in [5, 5.41) is 3.22. The predicted octanol–water partition coefficient (Wildman–Crippen LogP) is 4.08. The molecule has 0 aliphatic carbocycles. The van der Waals surface area contributed by atoms with E-state index in [4.69, 9.17) is 9.72 Å². The number of nitrogens with one attached hydrogen (secondary N) is 1. The van der Waals surface area contributed by atoms with Crippen molar-refractivity contribution in [1.29, 1.82) is 0 Å². The Hall–Kier alpha value is -2.63. The number of piperidine rings is 1. The third-order valence-electron chi connectivity index (χ3n) is 4.77. The van der Waals surface area contributed by atoms with Crippen LogP contribution in [0.5, 0.6) is 0 Å². The number of aromatic nitrogens is 2. The summed E-state index contributed by atoms with van der Waals surface area (Å²) < 4.78 is 4.78. The molecule has 1 saturated heterocycles. The highest BCUT2D eigenvalue weighted by atomic mass is 16.5. The molecule has 6 heteroatoms. The number of anilines is 3. The van der Waals surface area contributed by atoms with Crippen LogP contribution in [0.25, 0.3) is 0 Å². The van der Waals surface area contributed by atoms with E-state index in [1.807, 2.05) is 25.1 Å². The van der Waals surface area contributed by atoms with E-state index in [1.54, 1.807) is 12.1 Å². The SMILES string of the molecule is CCC1CCCCN1c1cc(C)nc(Nc2cccc(C(=O)OC)c2)n1. The molecule has 3 rings (SSSR count). The highest BCUT2D eigenvalue weighted by Crippen LogP contribution is 2.27. The van der Waals surface area contributed by atoms with Gasteiger partial charge in [-0.2, -0.15) is 4.98 Å². The van der Waals surface area contributed by atoms with E-state index in [0.29, 0.717) is 17.6 Å². The average Bonchev–Trinajstić information content (AvgIpc) is 2.67. The number of esters is 1. The van der Waals surface area contributed by atoms with Gasteiger partial charge >= 0.3 is 5.97 Å². The Morgan fingerprint density at radius 3 is 2.92 bits per heavy atom. The summed E-state index contributed by atoms with van der Waals surface area (Å²) in [6, 6.07) is 9.74. The normalized spacial score (nSPS) is 17.0. The van der Waals surface area contributed by atoms with Crippen molar-refractivity contribution in [3.63, 3.8) is 0 Å². The van der Waals surface area contributed by atoms with Crippen LogP contribution in [-0.4, -0.2) is 35.6 Å². The van der Waals surface area contributed by atoms with Crippen molar-refractivity contribution >= 4 is 23.4 Å². The quantitative estimate of drug-likeness (QED) is 0.816. The molecule has 0 radical (unpaired) electrons. The van der Waals surface area contributed by atoms with E-state index in [0.717, 1.165) is 30.2 Å². The molecular weight excluding hydrogens is 328 g/mol. The maximum Gasteiger partial charge on any atom is 0.337 e. The number of methoxy groups -OCH3 is 1. The molecule has 26 heavy (non-hydrogen) atoms. The van der Waals surface area contributed by atoms with E-state index in [9.17, 15) is 4.79 Å². The number of aryl methyl sites for hydroxylation is 1. The minimum absolute atomic E-state index is 0.362. The van der Waals surface area contributed by atoms with E-state index < -0.39 is 0 Å². The van der Waals surface area contributed by atoms with Gasteiger partial charge in [-0.1, -0.05) is 13.0 Å². The van der Waals surface area contributed by atoms with Gasteiger partial charge in [0.05, 0.1) is 12.7 Å². The molecule has 0 bridgehead atoms. The van der Waals surface area contributed by atoms with Crippen LogP contribution in [0.2, 0.25) is 0 Å². The first-order valence-corrected chi connectivity index (χ1v) is 9.18. The molecule has 1 aromatic carbocycles. The minimum Gasteiger partial charge on any atom is -0.465 e. The van der Waals surface area contributed by atoms with Crippen molar-refractivity contribution in [1.82, 2.24) is 9.97 Å². The Kier molecular flexibility index (Phi) is 5.71. The summed E-state index contributed by atoms with van der Waals surface area (Å²) >= 11 is 0. The number of carbonyl (C=O) groups excluding carboxylic acids is 1. The fourth-order valence-electron chi connectivity index (χ4n) is 3.45. The van der Waals surface area contributed by atoms with Gasteiger partial charge < -0.3 is 15.0 Å². The molecule has 1 aromatic heterocycles. The number of nitrogens with zero attached hydrogens (tertiary/aromatic N) is 3. The van der Waals surface area contributed by atoms with Crippen LogP contribution >= 0.6 is 0 Å². The molecule has 1 unspecified atom stereocenters. The molecule has 1 aliphatic rings. The zero-order valence-corrected chi connectivity index (χ0v) is 15.7. The molecule has 0 saturated carbocycles. The summed E-state index contributed by atoms with van der Waals surface area (Å²) in [6.45, 7) is 5.24. The third kappa shape index (κ3) is 4.12. The standard InChI is InChI=1S/C20H26N4O2/c1-4-17-10-5-6-11-24(17)18-12-14(2)21-20(23-18)22-16-9-7-8-15(13-16)19(25)26-3/h7-9,12-13,17H,4-6,10-11H2,1-3H3,(H,21,22,23). The van der Waals surface area contributed by atoms with Gasteiger partial charge in [0.15, 0.2) is 0 Å². The van der Waals surface area contributed by atoms with Gasteiger partial charge in [0.1, 0.15) is 5.82 Å². The lowest BCUT2D eigenvalue weighted by Crippen LogP contribution is -2.39. The summed E-state index contributed by atoms with van der Waals surface area (Å²) in [4.78, 5) is 23.3. The molecule has 1 fully saturated rings. The van der Waals surface area contributed by atoms with Crippen molar-refractivity contribution in [3.05, 3.63) is 41.6 Å². The maximum absolute atomic E-state index is 11.7. The highest BCUT2D eigenvalue weighted by Gasteiger charge is 2.22. The molecule has 6 nitrogen and oxygen atoms in total. The lowest BCUT2D eigenvalue weighted by atomic mass is 10.00. The van der Waals surface area contributed by atoms with Gasteiger partial charge in [0.2, 0.25) is 5.95 Å². The van der Waals surface area contributed by atoms with Crippen molar-refractivity contribution in [3.8, 4) is 0 Å². The van der Waals surface area contributed by atoms with Crippen molar-refractivity contribution in [2.45, 2.75) is 45.6 Å². The summed E-state index contributed by atoms with van der Waals surface area (Å²) in [7, 11) is 1.38. The second kappa shape index (κ2) is 8.17. The number of rotatable bonds is 5. The molecule has 1 atom stereocenters. The predicted molar refractivity (Wildman–Crippen MR) is 103 cm³/mol. The van der Waals surface area contributed by atoms with Gasteiger partial charge in [0.25, 0.3) is 0 Å². The Morgan fingerprint density at radius 2 is 2.15 bits per heavy atom.